The van der Waals surface area contributed by atoms with E-state index >= 15 is 0 Å². The third-order valence-electron chi connectivity index (χ3n) is 3.73. The van der Waals surface area contributed by atoms with Crippen molar-refractivity contribution in [1.82, 2.24) is 14.5 Å². The van der Waals surface area contributed by atoms with Crippen LogP contribution < -0.4 is 15.6 Å². The molecular weight excluding hydrogens is 308 g/mol. The number of methoxy groups -OCH3 is 1. The van der Waals surface area contributed by atoms with Crippen molar-refractivity contribution in [1.29, 1.82) is 0 Å². The van der Waals surface area contributed by atoms with Crippen LogP contribution in [0.25, 0.3) is 11.0 Å². The SMILES string of the molecule is COc1cccc(NC(=O)Cn2c(C)nc3[nH]c(C)cc3c2=O)c1. The van der Waals surface area contributed by atoms with Crippen molar-refractivity contribution in [2.24, 2.45) is 0 Å². The van der Waals surface area contributed by atoms with Crippen LogP contribution in [-0.4, -0.2) is 27.6 Å². The lowest BCUT2D eigenvalue weighted by Gasteiger charge is -2.10. The van der Waals surface area contributed by atoms with E-state index in [1.165, 1.54) is 4.57 Å². The zero-order chi connectivity index (χ0) is 17.3. The molecule has 0 unspecified atom stereocenters. The van der Waals surface area contributed by atoms with Crippen LogP contribution in [0.3, 0.4) is 0 Å². The van der Waals surface area contributed by atoms with E-state index in [-0.39, 0.29) is 18.0 Å². The summed E-state index contributed by atoms with van der Waals surface area (Å²) < 4.78 is 6.49. The van der Waals surface area contributed by atoms with Gasteiger partial charge in [-0.2, -0.15) is 0 Å². The van der Waals surface area contributed by atoms with Crippen molar-refractivity contribution in [3.8, 4) is 5.75 Å². The highest BCUT2D eigenvalue weighted by atomic mass is 16.5. The summed E-state index contributed by atoms with van der Waals surface area (Å²) >= 11 is 0. The number of nitrogens with one attached hydrogen (secondary N) is 2. The van der Waals surface area contributed by atoms with Gasteiger partial charge in [0.25, 0.3) is 5.56 Å². The van der Waals surface area contributed by atoms with Gasteiger partial charge in [-0.1, -0.05) is 6.07 Å². The van der Waals surface area contributed by atoms with Crippen LogP contribution in [0.2, 0.25) is 0 Å². The number of benzene rings is 1. The third kappa shape index (κ3) is 3.01. The second kappa shape index (κ2) is 6.19. The Bertz CT molecular complexity index is 972. The number of carbonyl (C=O) groups excluding carboxylic acids is 1. The molecule has 2 heterocycles. The molecule has 1 aromatic carbocycles. The van der Waals surface area contributed by atoms with Gasteiger partial charge in [0.2, 0.25) is 5.91 Å². The van der Waals surface area contributed by atoms with Gasteiger partial charge in [0, 0.05) is 17.4 Å². The number of aromatic amines is 1. The molecule has 3 rings (SSSR count). The molecule has 0 radical (unpaired) electrons. The molecule has 7 heteroatoms. The lowest BCUT2D eigenvalue weighted by Crippen LogP contribution is -2.30. The molecule has 0 atom stereocenters. The molecule has 7 nitrogen and oxygen atoms in total. The summed E-state index contributed by atoms with van der Waals surface area (Å²) in [6.07, 6.45) is 0. The molecule has 1 amide bonds. The summed E-state index contributed by atoms with van der Waals surface area (Å²) in [5.74, 6) is 0.823. The van der Waals surface area contributed by atoms with E-state index in [0.29, 0.717) is 28.3 Å². The standard InChI is InChI=1S/C17H18N4O3/c1-10-7-14-16(18-10)19-11(2)21(17(14)23)9-15(22)20-12-5-4-6-13(8-12)24-3/h4-8,18H,9H2,1-3H3,(H,20,22). The second-order valence-corrected chi connectivity index (χ2v) is 5.55. The molecule has 3 aromatic rings. The Hall–Kier alpha value is -3.09. The molecule has 2 N–H and O–H groups in total. The molecule has 0 saturated carbocycles. The highest BCUT2D eigenvalue weighted by Crippen LogP contribution is 2.16. The van der Waals surface area contributed by atoms with Crippen LogP contribution in [0.15, 0.2) is 35.1 Å². The minimum absolute atomic E-state index is 0.102. The number of hydrogen-bond donors (Lipinski definition) is 2. The molecular formula is C17H18N4O3. The first kappa shape index (κ1) is 15.8. The van der Waals surface area contributed by atoms with Crippen molar-refractivity contribution in [2.45, 2.75) is 20.4 Å². The molecule has 0 aliphatic carbocycles. The Kier molecular flexibility index (Phi) is 4.07. The lowest BCUT2D eigenvalue weighted by molar-refractivity contribution is -0.116. The quantitative estimate of drug-likeness (QED) is 0.767. The molecule has 124 valence electrons. The summed E-state index contributed by atoms with van der Waals surface area (Å²) in [7, 11) is 1.56. The minimum atomic E-state index is -0.304. The maximum absolute atomic E-state index is 12.6. The van der Waals surface area contributed by atoms with Gasteiger partial charge in [-0.05, 0) is 32.0 Å². The van der Waals surface area contributed by atoms with Gasteiger partial charge in [-0.15, -0.1) is 0 Å². The predicted molar refractivity (Wildman–Crippen MR) is 91.5 cm³/mol. The first-order valence-corrected chi connectivity index (χ1v) is 7.48. The van der Waals surface area contributed by atoms with Gasteiger partial charge in [-0.3, -0.25) is 14.2 Å². The summed E-state index contributed by atoms with van der Waals surface area (Å²) in [4.78, 5) is 32.2. The number of hydrogen-bond acceptors (Lipinski definition) is 4. The number of carbonyl (C=O) groups is 1. The fourth-order valence-corrected chi connectivity index (χ4v) is 2.57. The number of anilines is 1. The molecule has 0 fully saturated rings. The number of aryl methyl sites for hydroxylation is 2. The van der Waals surface area contributed by atoms with Gasteiger partial charge in [0.1, 0.15) is 23.8 Å². The van der Waals surface area contributed by atoms with E-state index in [1.54, 1.807) is 44.4 Å². The Morgan fingerprint density at radius 2 is 2.12 bits per heavy atom. The van der Waals surface area contributed by atoms with Gasteiger partial charge >= 0.3 is 0 Å². The van der Waals surface area contributed by atoms with Gasteiger partial charge < -0.3 is 15.0 Å². The average molecular weight is 326 g/mol. The fourth-order valence-electron chi connectivity index (χ4n) is 2.57. The number of amides is 1. The van der Waals surface area contributed by atoms with Gasteiger partial charge in [-0.25, -0.2) is 4.98 Å². The number of H-pyrrole nitrogens is 1. The van der Waals surface area contributed by atoms with Crippen molar-refractivity contribution in [2.75, 3.05) is 12.4 Å². The first-order chi connectivity index (χ1) is 11.5. The maximum atomic E-state index is 12.6. The Morgan fingerprint density at radius 1 is 1.33 bits per heavy atom. The molecule has 0 bridgehead atoms. The molecule has 24 heavy (non-hydrogen) atoms. The molecule has 0 aliphatic rings. The van der Waals surface area contributed by atoms with Crippen LogP contribution in [-0.2, 0) is 11.3 Å². The summed E-state index contributed by atoms with van der Waals surface area (Å²) in [5.41, 5.74) is 1.77. The summed E-state index contributed by atoms with van der Waals surface area (Å²) in [6.45, 7) is 3.46. The van der Waals surface area contributed by atoms with E-state index in [0.717, 1.165) is 5.69 Å². The van der Waals surface area contributed by atoms with Crippen LogP contribution in [0.1, 0.15) is 11.5 Å². The number of fused-ring (bicyclic) bond motifs is 1. The lowest BCUT2D eigenvalue weighted by atomic mass is 10.3. The normalized spacial score (nSPS) is 10.8. The van der Waals surface area contributed by atoms with E-state index in [9.17, 15) is 9.59 Å². The van der Waals surface area contributed by atoms with Crippen LogP contribution in [0.5, 0.6) is 5.75 Å². The smallest absolute Gasteiger partial charge is 0.263 e. The largest absolute Gasteiger partial charge is 0.497 e. The van der Waals surface area contributed by atoms with Crippen LogP contribution in [0, 0.1) is 13.8 Å². The van der Waals surface area contributed by atoms with Crippen molar-refractivity contribution in [3.05, 3.63) is 52.2 Å². The highest BCUT2D eigenvalue weighted by molar-refractivity contribution is 5.91. The zero-order valence-electron chi connectivity index (χ0n) is 13.7. The number of rotatable bonds is 4. The maximum Gasteiger partial charge on any atom is 0.263 e. The Labute approximate surface area is 138 Å². The molecule has 0 spiro atoms. The Balaban J connectivity index is 1.86. The van der Waals surface area contributed by atoms with Crippen LogP contribution in [0.4, 0.5) is 5.69 Å². The average Bonchev–Trinajstić information content (AvgIpc) is 2.92. The monoisotopic (exact) mass is 326 g/mol. The van der Waals surface area contributed by atoms with E-state index < -0.39 is 0 Å². The fraction of sp³-hybridized carbons (Fsp3) is 0.235. The van der Waals surface area contributed by atoms with E-state index in [2.05, 4.69) is 15.3 Å². The van der Waals surface area contributed by atoms with E-state index in [1.807, 2.05) is 6.92 Å². The van der Waals surface area contributed by atoms with Crippen molar-refractivity contribution in [3.63, 3.8) is 0 Å². The summed E-state index contributed by atoms with van der Waals surface area (Å²) in [5, 5.41) is 3.24. The number of ether oxygens (including phenoxy) is 1. The zero-order valence-corrected chi connectivity index (χ0v) is 13.7. The minimum Gasteiger partial charge on any atom is -0.497 e. The molecule has 0 saturated heterocycles. The second-order valence-electron chi connectivity index (χ2n) is 5.55. The van der Waals surface area contributed by atoms with Gasteiger partial charge in [0.15, 0.2) is 0 Å². The topological polar surface area (TPSA) is 89.0 Å². The summed E-state index contributed by atoms with van der Waals surface area (Å²) in [6, 6.07) is 8.77. The van der Waals surface area contributed by atoms with Crippen molar-refractivity contribution >= 4 is 22.6 Å². The predicted octanol–water partition coefficient (Wildman–Crippen LogP) is 1.99. The highest BCUT2D eigenvalue weighted by Gasteiger charge is 2.13. The number of aromatic nitrogens is 3. The molecule has 2 aromatic heterocycles. The van der Waals surface area contributed by atoms with Crippen molar-refractivity contribution < 1.29 is 9.53 Å². The first-order valence-electron chi connectivity index (χ1n) is 7.48. The van der Waals surface area contributed by atoms with Gasteiger partial charge in [0.05, 0.1) is 12.5 Å². The third-order valence-corrected chi connectivity index (χ3v) is 3.73. The molecule has 0 aliphatic heterocycles. The van der Waals surface area contributed by atoms with Crippen LogP contribution >= 0.6 is 0 Å². The number of nitrogens with zero attached hydrogens (tertiary/aromatic N) is 2. The van der Waals surface area contributed by atoms with E-state index in [4.69, 9.17) is 4.74 Å². The Morgan fingerprint density at radius 3 is 2.88 bits per heavy atom.